The van der Waals surface area contributed by atoms with E-state index in [9.17, 15) is 4.79 Å². The molecule has 0 spiro atoms. The van der Waals surface area contributed by atoms with Crippen molar-refractivity contribution in [1.29, 1.82) is 0 Å². The van der Waals surface area contributed by atoms with E-state index >= 15 is 0 Å². The van der Waals surface area contributed by atoms with Crippen LogP contribution in [-0.2, 0) is 11.2 Å². The van der Waals surface area contributed by atoms with Crippen LogP contribution in [0.4, 0.5) is 0 Å². The Bertz CT molecular complexity index is 298. The SMILES string of the molecule is O=C(CCc1ccccc1)CC1CC1. The van der Waals surface area contributed by atoms with Crippen molar-refractivity contribution < 1.29 is 4.79 Å². The molecule has 0 bridgehead atoms. The van der Waals surface area contributed by atoms with E-state index in [2.05, 4.69) is 12.1 Å². The number of hydrogen-bond acceptors (Lipinski definition) is 1. The van der Waals surface area contributed by atoms with Crippen LogP contribution < -0.4 is 0 Å². The van der Waals surface area contributed by atoms with Crippen molar-refractivity contribution in [3.05, 3.63) is 35.9 Å². The molecule has 1 heteroatoms. The van der Waals surface area contributed by atoms with Gasteiger partial charge in [-0.3, -0.25) is 4.79 Å². The molecular formula is C13H16O. The molecule has 1 nitrogen and oxygen atoms in total. The molecule has 0 saturated heterocycles. The summed E-state index contributed by atoms with van der Waals surface area (Å²) in [6, 6.07) is 10.2. The molecule has 0 atom stereocenters. The predicted octanol–water partition coefficient (Wildman–Crippen LogP) is 2.99. The van der Waals surface area contributed by atoms with E-state index in [4.69, 9.17) is 0 Å². The highest BCUT2D eigenvalue weighted by Crippen LogP contribution is 2.32. The Morgan fingerprint density at radius 1 is 1.21 bits per heavy atom. The summed E-state index contributed by atoms with van der Waals surface area (Å²) < 4.78 is 0. The molecule has 0 amide bonds. The Kier molecular flexibility index (Phi) is 2.97. The fraction of sp³-hybridized carbons (Fsp3) is 0.462. The lowest BCUT2D eigenvalue weighted by atomic mass is 10.0. The van der Waals surface area contributed by atoms with Gasteiger partial charge >= 0.3 is 0 Å². The van der Waals surface area contributed by atoms with E-state index in [1.54, 1.807) is 0 Å². The van der Waals surface area contributed by atoms with Crippen LogP contribution in [-0.4, -0.2) is 5.78 Å². The minimum Gasteiger partial charge on any atom is -0.300 e. The normalized spacial score (nSPS) is 15.4. The zero-order chi connectivity index (χ0) is 9.80. The predicted molar refractivity (Wildman–Crippen MR) is 57.1 cm³/mol. The van der Waals surface area contributed by atoms with Gasteiger partial charge in [-0.05, 0) is 30.7 Å². The molecule has 0 aromatic heterocycles. The van der Waals surface area contributed by atoms with E-state index in [-0.39, 0.29) is 0 Å². The van der Waals surface area contributed by atoms with Gasteiger partial charge in [-0.15, -0.1) is 0 Å². The fourth-order valence-electron chi connectivity index (χ4n) is 1.67. The zero-order valence-corrected chi connectivity index (χ0v) is 8.41. The third kappa shape index (κ3) is 2.99. The van der Waals surface area contributed by atoms with Gasteiger partial charge < -0.3 is 0 Å². The lowest BCUT2D eigenvalue weighted by Crippen LogP contribution is -2.00. The quantitative estimate of drug-likeness (QED) is 0.694. The molecule has 0 unspecified atom stereocenters. The Morgan fingerprint density at radius 2 is 1.93 bits per heavy atom. The number of aryl methyl sites for hydroxylation is 1. The van der Waals surface area contributed by atoms with E-state index in [1.165, 1.54) is 18.4 Å². The molecule has 74 valence electrons. The molecule has 0 N–H and O–H groups in total. The Hall–Kier alpha value is -1.11. The molecule has 0 heterocycles. The second-order valence-corrected chi connectivity index (χ2v) is 4.17. The standard InChI is InChI=1S/C13H16O/c14-13(10-12-6-7-12)9-8-11-4-2-1-3-5-11/h1-5,12H,6-10H2. The second-order valence-electron chi connectivity index (χ2n) is 4.17. The number of ketones is 1. The summed E-state index contributed by atoms with van der Waals surface area (Å²) in [4.78, 5) is 11.5. The van der Waals surface area contributed by atoms with Gasteiger partial charge in [0, 0.05) is 12.8 Å². The average Bonchev–Trinajstić information content (AvgIpc) is 3.00. The van der Waals surface area contributed by atoms with Crippen LogP contribution in [0.2, 0.25) is 0 Å². The van der Waals surface area contributed by atoms with Crippen molar-refractivity contribution in [2.45, 2.75) is 32.1 Å². The van der Waals surface area contributed by atoms with Crippen molar-refractivity contribution >= 4 is 5.78 Å². The average molecular weight is 188 g/mol. The van der Waals surface area contributed by atoms with Gasteiger partial charge in [-0.25, -0.2) is 0 Å². The van der Waals surface area contributed by atoms with E-state index < -0.39 is 0 Å². The van der Waals surface area contributed by atoms with Gasteiger partial charge in [-0.1, -0.05) is 30.3 Å². The fourth-order valence-corrected chi connectivity index (χ4v) is 1.67. The Morgan fingerprint density at radius 3 is 2.57 bits per heavy atom. The monoisotopic (exact) mass is 188 g/mol. The molecule has 1 aliphatic carbocycles. The van der Waals surface area contributed by atoms with Crippen molar-refractivity contribution in [2.75, 3.05) is 0 Å². The Balaban J connectivity index is 1.73. The lowest BCUT2D eigenvalue weighted by Gasteiger charge is -2.00. The minimum absolute atomic E-state index is 0.441. The van der Waals surface area contributed by atoms with Crippen LogP contribution in [0.1, 0.15) is 31.2 Å². The van der Waals surface area contributed by atoms with Crippen LogP contribution in [0.5, 0.6) is 0 Å². The topological polar surface area (TPSA) is 17.1 Å². The summed E-state index contributed by atoms with van der Waals surface area (Å²) in [7, 11) is 0. The third-order valence-electron chi connectivity index (χ3n) is 2.75. The maximum Gasteiger partial charge on any atom is 0.133 e. The highest BCUT2D eigenvalue weighted by Gasteiger charge is 2.23. The molecule has 1 fully saturated rings. The van der Waals surface area contributed by atoms with Crippen molar-refractivity contribution in [3.63, 3.8) is 0 Å². The number of hydrogen-bond donors (Lipinski definition) is 0. The minimum atomic E-state index is 0.441. The van der Waals surface area contributed by atoms with Crippen LogP contribution in [0.25, 0.3) is 0 Å². The first-order valence-corrected chi connectivity index (χ1v) is 5.40. The first kappa shape index (κ1) is 9.45. The van der Waals surface area contributed by atoms with E-state index in [0.29, 0.717) is 5.78 Å². The van der Waals surface area contributed by atoms with Crippen LogP contribution in [0.3, 0.4) is 0 Å². The first-order chi connectivity index (χ1) is 6.84. The highest BCUT2D eigenvalue weighted by molar-refractivity contribution is 5.79. The number of carbonyl (C=O) groups is 1. The molecule has 0 radical (unpaired) electrons. The molecule has 2 rings (SSSR count). The molecular weight excluding hydrogens is 172 g/mol. The van der Waals surface area contributed by atoms with Gasteiger partial charge in [0.2, 0.25) is 0 Å². The van der Waals surface area contributed by atoms with Crippen molar-refractivity contribution in [3.8, 4) is 0 Å². The zero-order valence-electron chi connectivity index (χ0n) is 8.41. The van der Waals surface area contributed by atoms with Crippen LogP contribution >= 0.6 is 0 Å². The summed E-state index contributed by atoms with van der Waals surface area (Å²) in [5, 5.41) is 0. The summed E-state index contributed by atoms with van der Waals surface area (Å²) in [5.41, 5.74) is 1.27. The van der Waals surface area contributed by atoms with Gasteiger partial charge in [0.05, 0.1) is 0 Å². The van der Waals surface area contributed by atoms with Gasteiger partial charge in [0.25, 0.3) is 0 Å². The molecule has 14 heavy (non-hydrogen) atoms. The van der Waals surface area contributed by atoms with Crippen LogP contribution in [0.15, 0.2) is 30.3 Å². The maximum absolute atomic E-state index is 11.5. The first-order valence-electron chi connectivity index (χ1n) is 5.40. The number of carbonyl (C=O) groups excluding carboxylic acids is 1. The van der Waals surface area contributed by atoms with Crippen LogP contribution in [0, 0.1) is 5.92 Å². The molecule has 1 aromatic carbocycles. The summed E-state index contributed by atoms with van der Waals surface area (Å²) in [6.07, 6.45) is 5.01. The number of benzene rings is 1. The molecule has 1 aromatic rings. The van der Waals surface area contributed by atoms with Crippen molar-refractivity contribution in [1.82, 2.24) is 0 Å². The second kappa shape index (κ2) is 4.41. The molecule has 1 aliphatic rings. The van der Waals surface area contributed by atoms with Gasteiger partial charge in [0.1, 0.15) is 5.78 Å². The third-order valence-corrected chi connectivity index (χ3v) is 2.75. The summed E-state index contributed by atoms with van der Waals surface area (Å²) in [6.45, 7) is 0. The summed E-state index contributed by atoms with van der Waals surface area (Å²) in [5.74, 6) is 1.18. The van der Waals surface area contributed by atoms with E-state index in [1.807, 2.05) is 18.2 Å². The van der Waals surface area contributed by atoms with Crippen molar-refractivity contribution in [2.24, 2.45) is 5.92 Å². The number of Topliss-reactive ketones (excluding diaryl/α,β-unsaturated/α-hetero) is 1. The lowest BCUT2D eigenvalue weighted by molar-refractivity contribution is -0.119. The Labute approximate surface area is 85.1 Å². The summed E-state index contributed by atoms with van der Waals surface area (Å²) >= 11 is 0. The number of rotatable bonds is 5. The highest BCUT2D eigenvalue weighted by atomic mass is 16.1. The maximum atomic E-state index is 11.5. The van der Waals surface area contributed by atoms with Gasteiger partial charge in [-0.2, -0.15) is 0 Å². The smallest absolute Gasteiger partial charge is 0.133 e. The largest absolute Gasteiger partial charge is 0.300 e. The molecule has 0 aliphatic heterocycles. The van der Waals surface area contributed by atoms with Gasteiger partial charge in [0.15, 0.2) is 0 Å². The molecule has 1 saturated carbocycles. The van der Waals surface area contributed by atoms with E-state index in [0.717, 1.165) is 25.2 Å².